The molecule has 0 aliphatic carbocycles. The van der Waals surface area contributed by atoms with E-state index in [1.807, 2.05) is 24.3 Å². The van der Waals surface area contributed by atoms with E-state index in [9.17, 15) is 9.59 Å². The summed E-state index contributed by atoms with van der Waals surface area (Å²) in [5, 5.41) is 0. The topological polar surface area (TPSA) is 46.6 Å². The van der Waals surface area contributed by atoms with E-state index >= 15 is 0 Å². The molecule has 0 spiro atoms. The number of ether oxygens (including phenoxy) is 1. The first-order valence-electron chi connectivity index (χ1n) is 7.76. The summed E-state index contributed by atoms with van der Waals surface area (Å²) in [4.78, 5) is 25.5. The maximum atomic E-state index is 12.2. The standard InChI is InChI=1S/C17H23NO3/c1-2-3-4-11-17(20)21-13-16(19)18-12-7-9-14-8-5-6-10-15(14)18/h5-6,8,10H,2-4,7,9,11-13H2,1H3. The lowest BCUT2D eigenvalue weighted by atomic mass is 10.0. The molecular formula is C17H23NO3. The number of carbonyl (C=O) groups is 2. The van der Waals surface area contributed by atoms with E-state index < -0.39 is 0 Å². The number of nitrogens with zero attached hydrogens (tertiary/aromatic N) is 1. The van der Waals surface area contributed by atoms with Crippen LogP contribution >= 0.6 is 0 Å². The zero-order valence-corrected chi connectivity index (χ0v) is 12.6. The second-order valence-corrected chi connectivity index (χ2v) is 5.40. The number of rotatable bonds is 6. The van der Waals surface area contributed by atoms with Crippen molar-refractivity contribution in [2.24, 2.45) is 0 Å². The van der Waals surface area contributed by atoms with Crippen molar-refractivity contribution in [1.82, 2.24) is 0 Å². The van der Waals surface area contributed by atoms with Crippen molar-refractivity contribution in [2.75, 3.05) is 18.1 Å². The van der Waals surface area contributed by atoms with Gasteiger partial charge in [-0.1, -0.05) is 38.0 Å². The van der Waals surface area contributed by atoms with Gasteiger partial charge in [-0.3, -0.25) is 9.59 Å². The number of unbranched alkanes of at least 4 members (excludes halogenated alkanes) is 2. The van der Waals surface area contributed by atoms with Gasteiger partial charge in [0.25, 0.3) is 5.91 Å². The highest BCUT2D eigenvalue weighted by atomic mass is 16.5. The van der Waals surface area contributed by atoms with Gasteiger partial charge in [-0.15, -0.1) is 0 Å². The zero-order chi connectivity index (χ0) is 15.1. The summed E-state index contributed by atoms with van der Waals surface area (Å²) < 4.78 is 5.09. The number of carbonyl (C=O) groups excluding carboxylic acids is 2. The number of fused-ring (bicyclic) bond motifs is 1. The van der Waals surface area contributed by atoms with Crippen LogP contribution in [0, 0.1) is 0 Å². The van der Waals surface area contributed by atoms with E-state index in [-0.39, 0.29) is 18.5 Å². The smallest absolute Gasteiger partial charge is 0.306 e. The number of aryl methyl sites for hydroxylation is 1. The van der Waals surface area contributed by atoms with Crippen LogP contribution < -0.4 is 4.90 Å². The van der Waals surface area contributed by atoms with Crippen LogP contribution in [0.3, 0.4) is 0 Å². The molecule has 0 saturated carbocycles. The van der Waals surface area contributed by atoms with Crippen molar-refractivity contribution in [1.29, 1.82) is 0 Å². The average Bonchev–Trinajstić information content (AvgIpc) is 2.52. The van der Waals surface area contributed by atoms with Gasteiger partial charge in [0.05, 0.1) is 0 Å². The van der Waals surface area contributed by atoms with Crippen LogP contribution in [0.2, 0.25) is 0 Å². The highest BCUT2D eigenvalue weighted by molar-refractivity contribution is 5.96. The van der Waals surface area contributed by atoms with Crippen LogP contribution in [-0.4, -0.2) is 25.0 Å². The lowest BCUT2D eigenvalue weighted by Crippen LogP contribution is -2.38. The molecule has 0 radical (unpaired) electrons. The molecule has 0 unspecified atom stereocenters. The van der Waals surface area contributed by atoms with Gasteiger partial charge in [-0.2, -0.15) is 0 Å². The molecule has 1 aromatic rings. The Hall–Kier alpha value is -1.84. The van der Waals surface area contributed by atoms with Crippen LogP contribution in [0.15, 0.2) is 24.3 Å². The van der Waals surface area contributed by atoms with Crippen LogP contribution in [0.25, 0.3) is 0 Å². The first kappa shape index (κ1) is 15.5. The number of amides is 1. The zero-order valence-electron chi connectivity index (χ0n) is 12.6. The molecule has 4 nitrogen and oxygen atoms in total. The highest BCUT2D eigenvalue weighted by Crippen LogP contribution is 2.26. The molecule has 0 N–H and O–H groups in total. The third-order valence-corrected chi connectivity index (χ3v) is 3.75. The van der Waals surface area contributed by atoms with Crippen molar-refractivity contribution in [3.63, 3.8) is 0 Å². The Kier molecular flexibility index (Phi) is 5.78. The van der Waals surface area contributed by atoms with Crippen molar-refractivity contribution in [3.8, 4) is 0 Å². The monoisotopic (exact) mass is 289 g/mol. The molecule has 1 aromatic carbocycles. The minimum atomic E-state index is -0.276. The predicted octanol–water partition coefficient (Wildman–Crippen LogP) is 3.09. The van der Waals surface area contributed by atoms with Gasteiger partial charge in [0.15, 0.2) is 6.61 Å². The van der Waals surface area contributed by atoms with E-state index in [1.165, 1.54) is 5.56 Å². The van der Waals surface area contributed by atoms with E-state index in [4.69, 9.17) is 4.74 Å². The number of esters is 1. The van der Waals surface area contributed by atoms with Gasteiger partial charge in [0.1, 0.15) is 0 Å². The van der Waals surface area contributed by atoms with Gasteiger partial charge < -0.3 is 9.64 Å². The van der Waals surface area contributed by atoms with E-state index in [0.29, 0.717) is 13.0 Å². The number of hydrogen-bond donors (Lipinski definition) is 0. The molecule has 0 fully saturated rings. The Morgan fingerprint density at radius 2 is 2.05 bits per heavy atom. The molecule has 1 aliphatic rings. The maximum Gasteiger partial charge on any atom is 0.306 e. The third-order valence-electron chi connectivity index (χ3n) is 3.75. The van der Waals surface area contributed by atoms with Gasteiger partial charge >= 0.3 is 5.97 Å². The molecular weight excluding hydrogens is 266 g/mol. The minimum Gasteiger partial charge on any atom is -0.456 e. The summed E-state index contributed by atoms with van der Waals surface area (Å²) in [5.74, 6) is -0.409. The summed E-state index contributed by atoms with van der Waals surface area (Å²) in [7, 11) is 0. The Labute approximate surface area is 126 Å². The summed E-state index contributed by atoms with van der Waals surface area (Å²) in [5.41, 5.74) is 2.14. The summed E-state index contributed by atoms with van der Waals surface area (Å²) in [6, 6.07) is 7.92. The van der Waals surface area contributed by atoms with Crippen LogP contribution in [0.4, 0.5) is 5.69 Å². The quantitative estimate of drug-likeness (QED) is 0.597. The predicted molar refractivity (Wildman–Crippen MR) is 82.2 cm³/mol. The molecule has 21 heavy (non-hydrogen) atoms. The third kappa shape index (κ3) is 4.31. The van der Waals surface area contributed by atoms with Crippen molar-refractivity contribution in [2.45, 2.75) is 45.4 Å². The van der Waals surface area contributed by atoms with Gasteiger partial charge in [-0.05, 0) is 30.9 Å². The van der Waals surface area contributed by atoms with Gasteiger partial charge in [0, 0.05) is 18.7 Å². The van der Waals surface area contributed by atoms with E-state index in [0.717, 1.165) is 37.8 Å². The number of anilines is 1. The Balaban J connectivity index is 1.86. The summed E-state index contributed by atoms with van der Waals surface area (Å²) >= 11 is 0. The van der Waals surface area contributed by atoms with Crippen LogP contribution in [-0.2, 0) is 20.7 Å². The normalized spacial score (nSPS) is 13.7. The molecule has 1 heterocycles. The van der Waals surface area contributed by atoms with E-state index in [1.54, 1.807) is 4.90 Å². The second kappa shape index (κ2) is 7.81. The second-order valence-electron chi connectivity index (χ2n) is 5.40. The molecule has 114 valence electrons. The fourth-order valence-corrected chi connectivity index (χ4v) is 2.60. The van der Waals surface area contributed by atoms with Crippen molar-refractivity contribution < 1.29 is 14.3 Å². The Morgan fingerprint density at radius 3 is 2.86 bits per heavy atom. The molecule has 0 bridgehead atoms. The summed E-state index contributed by atoms with van der Waals surface area (Å²) in [6.07, 6.45) is 5.26. The van der Waals surface area contributed by atoms with Crippen LogP contribution in [0.1, 0.15) is 44.6 Å². The molecule has 0 aromatic heterocycles. The Bertz CT molecular complexity index is 499. The lowest BCUT2D eigenvalue weighted by Gasteiger charge is -2.29. The highest BCUT2D eigenvalue weighted by Gasteiger charge is 2.22. The van der Waals surface area contributed by atoms with E-state index in [2.05, 4.69) is 6.92 Å². The minimum absolute atomic E-state index is 0.133. The van der Waals surface area contributed by atoms with Crippen molar-refractivity contribution in [3.05, 3.63) is 29.8 Å². The molecule has 4 heteroatoms. The molecule has 0 atom stereocenters. The van der Waals surface area contributed by atoms with Crippen molar-refractivity contribution >= 4 is 17.6 Å². The fourth-order valence-electron chi connectivity index (χ4n) is 2.60. The fraction of sp³-hybridized carbons (Fsp3) is 0.529. The first-order valence-corrected chi connectivity index (χ1v) is 7.76. The van der Waals surface area contributed by atoms with Gasteiger partial charge in [-0.25, -0.2) is 0 Å². The molecule has 1 amide bonds. The Morgan fingerprint density at radius 1 is 1.24 bits per heavy atom. The molecule has 2 rings (SSSR count). The first-order chi connectivity index (χ1) is 10.2. The average molecular weight is 289 g/mol. The van der Waals surface area contributed by atoms with Gasteiger partial charge in [0.2, 0.25) is 0 Å². The van der Waals surface area contributed by atoms with Crippen LogP contribution in [0.5, 0.6) is 0 Å². The molecule has 0 saturated heterocycles. The largest absolute Gasteiger partial charge is 0.456 e. The number of para-hydroxylation sites is 1. The number of hydrogen-bond acceptors (Lipinski definition) is 3. The maximum absolute atomic E-state index is 12.2. The summed E-state index contributed by atoms with van der Waals surface area (Å²) in [6.45, 7) is 2.63. The SMILES string of the molecule is CCCCCC(=O)OCC(=O)N1CCCc2ccccc21. The molecule has 1 aliphatic heterocycles. The number of benzene rings is 1. The lowest BCUT2D eigenvalue weighted by molar-refractivity contribution is -0.148.